The van der Waals surface area contributed by atoms with Gasteiger partial charge >= 0.3 is 5.97 Å². The molecule has 84 valence electrons. The van der Waals surface area contributed by atoms with Crippen molar-refractivity contribution in [2.24, 2.45) is 0 Å². The molecule has 0 spiro atoms. The molecular formula is C11H15IO3. The van der Waals surface area contributed by atoms with Gasteiger partial charge in [0.1, 0.15) is 5.76 Å². The van der Waals surface area contributed by atoms with Crippen molar-refractivity contribution in [3.05, 3.63) is 21.7 Å². The summed E-state index contributed by atoms with van der Waals surface area (Å²) in [5.41, 5.74) is 0. The Morgan fingerprint density at radius 2 is 2.27 bits per heavy atom. The molecule has 0 aliphatic heterocycles. The largest absolute Gasteiger partial charge is 0.466 e. The third kappa shape index (κ3) is 5.20. The summed E-state index contributed by atoms with van der Waals surface area (Å²) >= 11 is 2.14. The molecule has 0 amide bonds. The number of ether oxygens (including phenoxy) is 1. The standard InChI is InChI=1S/C11H15IO3/c1-2-14-11(13)6-4-3-5-9-7-8-10(12)15-9/h7-8H,2-6H2,1H3. The summed E-state index contributed by atoms with van der Waals surface area (Å²) in [4.78, 5) is 11.0. The first-order valence-corrected chi connectivity index (χ1v) is 6.20. The smallest absolute Gasteiger partial charge is 0.305 e. The molecule has 0 bridgehead atoms. The van der Waals surface area contributed by atoms with Crippen LogP contribution in [0, 0.1) is 3.77 Å². The average molecular weight is 322 g/mol. The highest BCUT2D eigenvalue weighted by Gasteiger charge is 2.03. The van der Waals surface area contributed by atoms with Crippen molar-refractivity contribution in [1.82, 2.24) is 0 Å². The Kier molecular flexibility index (Phi) is 5.75. The highest BCUT2D eigenvalue weighted by atomic mass is 127. The minimum absolute atomic E-state index is 0.105. The molecule has 15 heavy (non-hydrogen) atoms. The van der Waals surface area contributed by atoms with E-state index < -0.39 is 0 Å². The van der Waals surface area contributed by atoms with E-state index in [4.69, 9.17) is 9.15 Å². The van der Waals surface area contributed by atoms with Crippen LogP contribution in [-0.2, 0) is 16.0 Å². The fraction of sp³-hybridized carbons (Fsp3) is 0.545. The van der Waals surface area contributed by atoms with E-state index in [1.165, 1.54) is 0 Å². The van der Waals surface area contributed by atoms with Gasteiger partial charge in [-0.25, -0.2) is 0 Å². The fourth-order valence-electron chi connectivity index (χ4n) is 1.29. The summed E-state index contributed by atoms with van der Waals surface area (Å²) < 4.78 is 11.2. The van der Waals surface area contributed by atoms with Gasteiger partial charge < -0.3 is 9.15 Å². The van der Waals surface area contributed by atoms with Crippen molar-refractivity contribution in [2.75, 3.05) is 6.61 Å². The number of furan rings is 1. The molecule has 0 radical (unpaired) electrons. The summed E-state index contributed by atoms with van der Waals surface area (Å²) in [5, 5.41) is 0. The topological polar surface area (TPSA) is 39.4 Å². The molecule has 0 aliphatic rings. The van der Waals surface area contributed by atoms with Crippen LogP contribution in [0.1, 0.15) is 31.9 Å². The second-order valence-electron chi connectivity index (χ2n) is 3.22. The lowest BCUT2D eigenvalue weighted by Gasteiger charge is -2.00. The average Bonchev–Trinajstić information content (AvgIpc) is 2.60. The number of rotatable bonds is 6. The molecule has 0 saturated carbocycles. The van der Waals surface area contributed by atoms with Crippen LogP contribution in [0.3, 0.4) is 0 Å². The first kappa shape index (κ1) is 12.5. The molecule has 1 aromatic rings. The van der Waals surface area contributed by atoms with Gasteiger partial charge in [0, 0.05) is 12.8 Å². The summed E-state index contributed by atoms with van der Waals surface area (Å²) in [6.45, 7) is 2.29. The van der Waals surface area contributed by atoms with Crippen molar-refractivity contribution in [1.29, 1.82) is 0 Å². The van der Waals surface area contributed by atoms with E-state index in [9.17, 15) is 4.79 Å². The Labute approximate surface area is 103 Å². The number of hydrogen-bond donors (Lipinski definition) is 0. The minimum atomic E-state index is -0.105. The molecule has 4 heteroatoms. The maximum atomic E-state index is 11.0. The van der Waals surface area contributed by atoms with E-state index in [-0.39, 0.29) is 5.97 Å². The lowest BCUT2D eigenvalue weighted by atomic mass is 10.1. The van der Waals surface area contributed by atoms with E-state index in [0.717, 1.165) is 28.8 Å². The number of esters is 1. The normalized spacial score (nSPS) is 10.3. The molecule has 3 nitrogen and oxygen atoms in total. The second-order valence-corrected chi connectivity index (χ2v) is 4.28. The first-order chi connectivity index (χ1) is 7.22. The van der Waals surface area contributed by atoms with Crippen molar-refractivity contribution < 1.29 is 13.9 Å². The van der Waals surface area contributed by atoms with E-state index >= 15 is 0 Å². The van der Waals surface area contributed by atoms with E-state index in [2.05, 4.69) is 22.6 Å². The molecule has 0 aromatic carbocycles. The Balaban J connectivity index is 2.09. The molecule has 0 N–H and O–H groups in total. The first-order valence-electron chi connectivity index (χ1n) is 5.12. The SMILES string of the molecule is CCOC(=O)CCCCc1ccc(I)o1. The van der Waals surface area contributed by atoms with Gasteiger partial charge in [-0.3, -0.25) is 4.79 Å². The third-order valence-corrected chi connectivity index (χ3v) is 2.57. The van der Waals surface area contributed by atoms with Crippen LogP contribution in [0.2, 0.25) is 0 Å². The molecule has 1 aromatic heterocycles. The van der Waals surface area contributed by atoms with Gasteiger partial charge in [0.15, 0.2) is 3.77 Å². The number of unbranched alkanes of at least 4 members (excludes halogenated alkanes) is 1. The third-order valence-electron chi connectivity index (χ3n) is 1.99. The Morgan fingerprint density at radius 3 is 2.87 bits per heavy atom. The van der Waals surface area contributed by atoms with Gasteiger partial charge in [-0.05, 0) is 54.5 Å². The number of halogens is 1. The van der Waals surface area contributed by atoms with Gasteiger partial charge in [0.25, 0.3) is 0 Å². The predicted octanol–water partition coefficient (Wildman–Crippen LogP) is 3.16. The number of carbonyl (C=O) groups excluding carboxylic acids is 1. The summed E-state index contributed by atoms with van der Waals surface area (Å²) in [7, 11) is 0. The van der Waals surface area contributed by atoms with Crippen LogP contribution in [0.25, 0.3) is 0 Å². The Hall–Kier alpha value is -0.520. The Morgan fingerprint density at radius 1 is 1.47 bits per heavy atom. The highest BCUT2D eigenvalue weighted by molar-refractivity contribution is 14.1. The van der Waals surface area contributed by atoms with Crippen LogP contribution in [0.5, 0.6) is 0 Å². The molecular weight excluding hydrogens is 307 g/mol. The molecule has 0 saturated heterocycles. The van der Waals surface area contributed by atoms with E-state index in [1.807, 2.05) is 19.1 Å². The fourth-order valence-corrected chi connectivity index (χ4v) is 1.75. The number of aryl methyl sites for hydroxylation is 1. The number of hydrogen-bond acceptors (Lipinski definition) is 3. The molecule has 0 atom stereocenters. The van der Waals surface area contributed by atoms with Crippen molar-refractivity contribution in [2.45, 2.75) is 32.6 Å². The van der Waals surface area contributed by atoms with Crippen molar-refractivity contribution in [3.63, 3.8) is 0 Å². The minimum Gasteiger partial charge on any atom is -0.466 e. The zero-order valence-corrected chi connectivity index (χ0v) is 11.0. The monoisotopic (exact) mass is 322 g/mol. The van der Waals surface area contributed by atoms with Gasteiger partial charge in [0.2, 0.25) is 0 Å². The van der Waals surface area contributed by atoms with Crippen molar-refractivity contribution >= 4 is 28.6 Å². The summed E-state index contributed by atoms with van der Waals surface area (Å²) in [6, 6.07) is 3.92. The van der Waals surface area contributed by atoms with Crippen LogP contribution < -0.4 is 0 Å². The van der Waals surface area contributed by atoms with E-state index in [0.29, 0.717) is 13.0 Å². The van der Waals surface area contributed by atoms with Gasteiger partial charge in [-0.1, -0.05) is 0 Å². The quantitative estimate of drug-likeness (QED) is 0.459. The lowest BCUT2D eigenvalue weighted by Crippen LogP contribution is -2.03. The molecule has 1 rings (SSSR count). The molecule has 0 aliphatic carbocycles. The lowest BCUT2D eigenvalue weighted by molar-refractivity contribution is -0.143. The maximum Gasteiger partial charge on any atom is 0.305 e. The molecule has 1 heterocycles. The molecule has 0 unspecified atom stereocenters. The highest BCUT2D eigenvalue weighted by Crippen LogP contribution is 2.13. The zero-order valence-electron chi connectivity index (χ0n) is 8.79. The van der Waals surface area contributed by atoms with E-state index in [1.54, 1.807) is 0 Å². The van der Waals surface area contributed by atoms with Crippen molar-refractivity contribution in [3.8, 4) is 0 Å². The molecule has 0 fully saturated rings. The maximum absolute atomic E-state index is 11.0. The van der Waals surface area contributed by atoms with Crippen LogP contribution in [0.4, 0.5) is 0 Å². The van der Waals surface area contributed by atoms with Gasteiger partial charge in [-0.2, -0.15) is 0 Å². The van der Waals surface area contributed by atoms with Crippen LogP contribution in [0.15, 0.2) is 16.5 Å². The van der Waals surface area contributed by atoms with Crippen LogP contribution >= 0.6 is 22.6 Å². The predicted molar refractivity (Wildman–Crippen MR) is 65.6 cm³/mol. The zero-order chi connectivity index (χ0) is 11.1. The Bertz CT molecular complexity index is 307. The van der Waals surface area contributed by atoms with Crippen LogP contribution in [-0.4, -0.2) is 12.6 Å². The number of carbonyl (C=O) groups is 1. The van der Waals surface area contributed by atoms with Gasteiger partial charge in [0.05, 0.1) is 6.61 Å². The van der Waals surface area contributed by atoms with Gasteiger partial charge in [-0.15, -0.1) is 0 Å². The summed E-state index contributed by atoms with van der Waals surface area (Å²) in [5.74, 6) is 0.884. The second kappa shape index (κ2) is 6.87. The summed E-state index contributed by atoms with van der Waals surface area (Å²) in [6.07, 6.45) is 3.21.